The molecule has 2 heterocycles. The summed E-state index contributed by atoms with van der Waals surface area (Å²) < 4.78 is 72.5. The number of piperidine rings is 1. The molecule has 0 spiro atoms. The van der Waals surface area contributed by atoms with Gasteiger partial charge in [0.2, 0.25) is 10.0 Å². The third kappa shape index (κ3) is 6.73. The van der Waals surface area contributed by atoms with Gasteiger partial charge in [-0.05, 0) is 86.0 Å². The molecule has 2 aliphatic rings. The Hall–Kier alpha value is -3.81. The summed E-state index contributed by atoms with van der Waals surface area (Å²) in [7, 11) is -6.05. The number of hydrogen-bond donors (Lipinski definition) is 1. The van der Waals surface area contributed by atoms with E-state index in [1.165, 1.54) is 40.0 Å². The van der Waals surface area contributed by atoms with Crippen LogP contribution in [0.15, 0.2) is 76.5 Å². The van der Waals surface area contributed by atoms with Gasteiger partial charge in [0.15, 0.2) is 6.10 Å². The van der Waals surface area contributed by atoms with Gasteiger partial charge in [0, 0.05) is 13.1 Å². The van der Waals surface area contributed by atoms with E-state index in [1.54, 1.807) is 42.5 Å². The van der Waals surface area contributed by atoms with Crippen LogP contribution in [0.5, 0.6) is 17.2 Å². The van der Waals surface area contributed by atoms with Gasteiger partial charge in [0.1, 0.15) is 23.9 Å². The minimum atomic E-state index is -4.02. The summed E-state index contributed by atoms with van der Waals surface area (Å²) in [6, 6.07) is 17.4. The van der Waals surface area contributed by atoms with Crippen molar-refractivity contribution in [3.05, 3.63) is 72.3 Å². The summed E-state index contributed by atoms with van der Waals surface area (Å²) in [6.45, 7) is 2.92. The lowest BCUT2D eigenvalue weighted by atomic mass is 10.1. The Morgan fingerprint density at radius 3 is 2.16 bits per heavy atom. The maximum absolute atomic E-state index is 13.7. The van der Waals surface area contributed by atoms with Crippen molar-refractivity contribution in [2.45, 2.75) is 42.1 Å². The lowest BCUT2D eigenvalue weighted by Crippen LogP contribution is -2.51. The number of hydrogen-bond acceptors (Lipinski definition) is 8. The van der Waals surface area contributed by atoms with E-state index < -0.39 is 32.1 Å². The van der Waals surface area contributed by atoms with Crippen molar-refractivity contribution in [2.24, 2.45) is 0 Å². The van der Waals surface area contributed by atoms with Crippen LogP contribution in [-0.2, 0) is 24.8 Å². The van der Waals surface area contributed by atoms with E-state index in [1.807, 2.05) is 6.92 Å². The largest absolute Gasteiger partial charge is 0.497 e. The van der Waals surface area contributed by atoms with Crippen molar-refractivity contribution in [1.29, 1.82) is 0 Å². The van der Waals surface area contributed by atoms with Gasteiger partial charge < -0.3 is 19.5 Å². The van der Waals surface area contributed by atoms with Gasteiger partial charge in [0.05, 0.1) is 35.7 Å². The molecule has 43 heavy (non-hydrogen) atoms. The van der Waals surface area contributed by atoms with Crippen LogP contribution in [0, 0.1) is 6.92 Å². The number of carbonyl (C=O) groups excluding carboxylic acids is 1. The van der Waals surface area contributed by atoms with Gasteiger partial charge in [-0.15, -0.1) is 0 Å². The molecule has 13 heteroatoms. The van der Waals surface area contributed by atoms with E-state index in [2.05, 4.69) is 5.32 Å². The zero-order valence-corrected chi connectivity index (χ0v) is 25.7. The Labute approximate surface area is 252 Å². The molecule has 5 rings (SSSR count). The maximum Gasteiger partial charge on any atom is 0.264 e. The molecule has 2 aliphatic heterocycles. The molecule has 1 saturated heterocycles. The monoisotopic (exact) mass is 629 g/mol. The van der Waals surface area contributed by atoms with E-state index in [0.29, 0.717) is 30.3 Å². The number of nitrogens with zero attached hydrogens (tertiary/aromatic N) is 2. The van der Waals surface area contributed by atoms with E-state index in [-0.39, 0.29) is 35.2 Å². The second-order valence-corrected chi connectivity index (χ2v) is 14.2. The Kier molecular flexibility index (Phi) is 9.13. The number of benzene rings is 3. The highest BCUT2D eigenvalue weighted by Gasteiger charge is 2.37. The first-order valence-electron chi connectivity index (χ1n) is 14.0. The SMILES string of the molecule is COc1ccc(S(=O)(=O)N2C[C@@H](C(=O)NCCOc3ccc(S(=O)(=O)N4CCCCC4)cc3)Oc3ccc(C)cc32)cc1. The third-order valence-corrected chi connectivity index (χ3v) is 11.1. The number of ether oxygens (including phenoxy) is 3. The van der Waals surface area contributed by atoms with Crippen molar-refractivity contribution < 1.29 is 35.8 Å². The molecular weight excluding hydrogens is 594 g/mol. The van der Waals surface area contributed by atoms with Crippen LogP contribution in [0.1, 0.15) is 24.8 Å². The van der Waals surface area contributed by atoms with Crippen molar-refractivity contribution in [3.8, 4) is 17.2 Å². The highest BCUT2D eigenvalue weighted by atomic mass is 32.2. The van der Waals surface area contributed by atoms with Gasteiger partial charge in [-0.25, -0.2) is 16.8 Å². The van der Waals surface area contributed by atoms with E-state index in [0.717, 1.165) is 24.8 Å². The number of anilines is 1. The summed E-state index contributed by atoms with van der Waals surface area (Å²) >= 11 is 0. The van der Waals surface area contributed by atoms with Crippen LogP contribution in [0.3, 0.4) is 0 Å². The van der Waals surface area contributed by atoms with Gasteiger partial charge >= 0.3 is 0 Å². The summed E-state index contributed by atoms with van der Waals surface area (Å²) in [5.41, 5.74) is 1.20. The molecule has 3 aromatic carbocycles. The molecule has 1 amide bonds. The second-order valence-electron chi connectivity index (χ2n) is 10.4. The predicted octanol–water partition coefficient (Wildman–Crippen LogP) is 3.33. The standard InChI is InChI=1S/C30H35N3O8S2/c1-22-6-15-28-27(20-22)33(43(37,38)26-11-7-23(39-2)8-12-26)21-29(41-28)30(34)31-16-19-40-24-9-13-25(14-10-24)42(35,36)32-17-4-3-5-18-32/h6-15,20,29H,3-5,16-19,21H2,1-2H3,(H,31,34)/t29-/m0/s1. The molecule has 0 unspecified atom stereocenters. The van der Waals surface area contributed by atoms with Crippen LogP contribution in [0.4, 0.5) is 5.69 Å². The quantitative estimate of drug-likeness (QED) is 0.338. The van der Waals surface area contributed by atoms with Crippen molar-refractivity contribution in [1.82, 2.24) is 9.62 Å². The number of rotatable bonds is 10. The molecule has 0 aliphatic carbocycles. The fourth-order valence-electron chi connectivity index (χ4n) is 5.02. The summed E-state index contributed by atoms with van der Waals surface area (Å²) in [5.74, 6) is 0.773. The van der Waals surface area contributed by atoms with Crippen LogP contribution in [0.25, 0.3) is 0 Å². The van der Waals surface area contributed by atoms with Gasteiger partial charge in [-0.2, -0.15) is 4.31 Å². The molecule has 1 atom stereocenters. The molecule has 0 aromatic heterocycles. The third-order valence-electron chi connectivity index (χ3n) is 7.37. The molecule has 230 valence electrons. The zero-order chi connectivity index (χ0) is 30.6. The zero-order valence-electron chi connectivity index (χ0n) is 24.1. The van der Waals surface area contributed by atoms with Gasteiger partial charge in [0.25, 0.3) is 15.9 Å². The van der Waals surface area contributed by atoms with Gasteiger partial charge in [-0.1, -0.05) is 12.5 Å². The molecule has 1 N–H and O–H groups in total. The molecule has 0 saturated carbocycles. The molecular formula is C30H35N3O8S2. The van der Waals surface area contributed by atoms with Crippen LogP contribution < -0.4 is 23.8 Å². The predicted molar refractivity (Wildman–Crippen MR) is 161 cm³/mol. The second kappa shape index (κ2) is 12.8. The highest BCUT2D eigenvalue weighted by molar-refractivity contribution is 7.92. The van der Waals surface area contributed by atoms with Crippen molar-refractivity contribution in [3.63, 3.8) is 0 Å². The Bertz CT molecular complexity index is 1650. The number of methoxy groups -OCH3 is 1. The first-order chi connectivity index (χ1) is 20.6. The summed E-state index contributed by atoms with van der Waals surface area (Å²) in [4.78, 5) is 13.4. The molecule has 3 aromatic rings. The van der Waals surface area contributed by atoms with Crippen LogP contribution in [0.2, 0.25) is 0 Å². The van der Waals surface area contributed by atoms with Gasteiger partial charge in [-0.3, -0.25) is 9.10 Å². The van der Waals surface area contributed by atoms with Crippen molar-refractivity contribution >= 4 is 31.6 Å². The van der Waals surface area contributed by atoms with Crippen LogP contribution >= 0.6 is 0 Å². The maximum atomic E-state index is 13.7. The first kappa shape index (κ1) is 30.6. The number of carbonyl (C=O) groups is 1. The van der Waals surface area contributed by atoms with E-state index in [4.69, 9.17) is 14.2 Å². The fourth-order valence-corrected chi connectivity index (χ4v) is 8.00. The number of sulfonamides is 2. The molecule has 11 nitrogen and oxygen atoms in total. The lowest BCUT2D eigenvalue weighted by molar-refractivity contribution is -0.127. The van der Waals surface area contributed by atoms with Crippen molar-refractivity contribution in [2.75, 3.05) is 44.2 Å². The normalized spacial score (nSPS) is 17.4. The average Bonchev–Trinajstić information content (AvgIpc) is 3.03. The highest BCUT2D eigenvalue weighted by Crippen LogP contribution is 2.38. The minimum absolute atomic E-state index is 0.0601. The van der Waals surface area contributed by atoms with E-state index in [9.17, 15) is 21.6 Å². The minimum Gasteiger partial charge on any atom is -0.497 e. The molecule has 0 radical (unpaired) electrons. The first-order valence-corrected chi connectivity index (χ1v) is 16.9. The smallest absolute Gasteiger partial charge is 0.264 e. The molecule has 0 bridgehead atoms. The van der Waals surface area contributed by atoms with Crippen LogP contribution in [-0.4, -0.2) is 73.0 Å². The lowest BCUT2D eigenvalue weighted by Gasteiger charge is -2.35. The number of aryl methyl sites for hydroxylation is 1. The topological polar surface area (TPSA) is 132 Å². The molecule has 1 fully saturated rings. The Balaban J connectivity index is 1.20. The van der Waals surface area contributed by atoms with E-state index >= 15 is 0 Å². The summed E-state index contributed by atoms with van der Waals surface area (Å²) in [6.07, 6.45) is 1.67. The number of amides is 1. The Morgan fingerprint density at radius 2 is 1.51 bits per heavy atom. The Morgan fingerprint density at radius 1 is 0.884 bits per heavy atom. The number of nitrogens with one attached hydrogen (secondary N) is 1. The fraction of sp³-hybridized carbons (Fsp3) is 0.367. The average molecular weight is 630 g/mol. The summed E-state index contributed by atoms with van der Waals surface area (Å²) in [5, 5.41) is 2.74. The number of fused-ring (bicyclic) bond motifs is 1.